The van der Waals surface area contributed by atoms with E-state index in [9.17, 15) is 5.11 Å². The number of pyridine rings is 1. The van der Waals surface area contributed by atoms with E-state index < -0.39 is 5.60 Å². The first kappa shape index (κ1) is 19.5. The maximum atomic E-state index is 10.0. The average molecular weight is 349 g/mol. The van der Waals surface area contributed by atoms with Gasteiger partial charge in [0, 0.05) is 18.2 Å². The van der Waals surface area contributed by atoms with Crippen molar-refractivity contribution in [2.75, 3.05) is 25.9 Å². The maximum Gasteiger partial charge on any atom is 0.217 e. The SMILES string of the molecule is CN(CCCOc1cc2c(ncn2CC(C)(C)O)c(N)n1)C(C)(C)C. The predicted octanol–water partition coefficient (Wildman–Crippen LogP) is 2.28. The van der Waals surface area contributed by atoms with Crippen molar-refractivity contribution in [2.45, 2.75) is 58.7 Å². The molecule has 2 heterocycles. The smallest absolute Gasteiger partial charge is 0.217 e. The Morgan fingerprint density at radius 3 is 2.56 bits per heavy atom. The summed E-state index contributed by atoms with van der Waals surface area (Å²) in [5, 5.41) is 10.0. The molecule has 0 spiro atoms. The molecule has 0 saturated carbocycles. The second-order valence-corrected chi connectivity index (χ2v) is 8.19. The van der Waals surface area contributed by atoms with Gasteiger partial charge in [0.05, 0.1) is 30.6 Å². The van der Waals surface area contributed by atoms with Crippen molar-refractivity contribution in [3.8, 4) is 5.88 Å². The van der Waals surface area contributed by atoms with E-state index in [0.29, 0.717) is 30.4 Å². The number of nitrogens with two attached hydrogens (primary N) is 1. The first-order valence-electron chi connectivity index (χ1n) is 8.65. The molecule has 3 N–H and O–H groups in total. The van der Waals surface area contributed by atoms with Crippen molar-refractivity contribution in [2.24, 2.45) is 0 Å². The summed E-state index contributed by atoms with van der Waals surface area (Å²) in [5.74, 6) is 0.828. The third kappa shape index (κ3) is 5.31. The van der Waals surface area contributed by atoms with Gasteiger partial charge in [0.1, 0.15) is 5.52 Å². The molecule has 7 heteroatoms. The van der Waals surface area contributed by atoms with Gasteiger partial charge in [-0.25, -0.2) is 4.98 Å². The predicted molar refractivity (Wildman–Crippen MR) is 101 cm³/mol. The molecule has 0 aliphatic rings. The van der Waals surface area contributed by atoms with Crippen molar-refractivity contribution in [3.05, 3.63) is 12.4 Å². The largest absolute Gasteiger partial charge is 0.478 e. The van der Waals surface area contributed by atoms with E-state index in [1.165, 1.54) is 0 Å². The van der Waals surface area contributed by atoms with E-state index in [0.717, 1.165) is 18.5 Å². The normalized spacial score (nSPS) is 13.0. The second kappa shape index (κ2) is 7.17. The number of hydrogen-bond acceptors (Lipinski definition) is 6. The summed E-state index contributed by atoms with van der Waals surface area (Å²) >= 11 is 0. The van der Waals surface area contributed by atoms with Crippen LogP contribution in [0, 0.1) is 0 Å². The molecule has 0 unspecified atom stereocenters. The van der Waals surface area contributed by atoms with Gasteiger partial charge in [0.25, 0.3) is 0 Å². The van der Waals surface area contributed by atoms with Gasteiger partial charge in [-0.2, -0.15) is 4.98 Å². The number of imidazole rings is 1. The lowest BCUT2D eigenvalue weighted by molar-refractivity contribution is 0.0626. The molecule has 0 atom stereocenters. The monoisotopic (exact) mass is 349 g/mol. The van der Waals surface area contributed by atoms with Gasteiger partial charge in [-0.3, -0.25) is 0 Å². The number of rotatable bonds is 7. The van der Waals surface area contributed by atoms with Crippen molar-refractivity contribution in [1.82, 2.24) is 19.4 Å². The fourth-order valence-electron chi connectivity index (χ4n) is 2.49. The van der Waals surface area contributed by atoms with Crippen LogP contribution in [0.1, 0.15) is 41.0 Å². The maximum absolute atomic E-state index is 10.0. The molecule has 0 saturated heterocycles. The Hall–Kier alpha value is -1.86. The molecule has 25 heavy (non-hydrogen) atoms. The number of fused-ring (bicyclic) bond motifs is 1. The zero-order valence-electron chi connectivity index (χ0n) is 16.2. The Morgan fingerprint density at radius 1 is 1.28 bits per heavy atom. The molecule has 0 amide bonds. The van der Waals surface area contributed by atoms with Gasteiger partial charge in [-0.05, 0) is 48.1 Å². The van der Waals surface area contributed by atoms with Crippen LogP contribution in [0.15, 0.2) is 12.4 Å². The van der Waals surface area contributed by atoms with E-state index in [4.69, 9.17) is 10.5 Å². The van der Waals surface area contributed by atoms with Crippen LogP contribution in [0.25, 0.3) is 11.0 Å². The summed E-state index contributed by atoms with van der Waals surface area (Å²) in [6.45, 7) is 12.0. The van der Waals surface area contributed by atoms with E-state index in [-0.39, 0.29) is 5.54 Å². The van der Waals surface area contributed by atoms with Crippen molar-refractivity contribution in [1.29, 1.82) is 0 Å². The molecule has 0 aliphatic carbocycles. The highest BCUT2D eigenvalue weighted by Gasteiger charge is 2.18. The van der Waals surface area contributed by atoms with E-state index in [1.807, 2.05) is 10.6 Å². The topological polar surface area (TPSA) is 89.4 Å². The molecule has 2 aromatic rings. The van der Waals surface area contributed by atoms with Crippen molar-refractivity contribution >= 4 is 16.9 Å². The molecule has 2 rings (SSSR count). The number of aromatic nitrogens is 3. The Morgan fingerprint density at radius 2 is 1.96 bits per heavy atom. The molecule has 2 aromatic heterocycles. The highest BCUT2D eigenvalue weighted by molar-refractivity contribution is 5.85. The summed E-state index contributed by atoms with van der Waals surface area (Å²) in [5.41, 5.74) is 6.75. The van der Waals surface area contributed by atoms with E-state index in [1.54, 1.807) is 20.2 Å². The average Bonchev–Trinajstić information content (AvgIpc) is 2.84. The molecule has 0 aliphatic heterocycles. The molecular weight excluding hydrogens is 318 g/mol. The van der Waals surface area contributed by atoms with Crippen LogP contribution < -0.4 is 10.5 Å². The van der Waals surface area contributed by atoms with Crippen LogP contribution in [0.3, 0.4) is 0 Å². The van der Waals surface area contributed by atoms with E-state index in [2.05, 4.69) is 42.7 Å². The van der Waals surface area contributed by atoms with Crippen LogP contribution in [-0.4, -0.2) is 55.9 Å². The first-order valence-corrected chi connectivity index (χ1v) is 8.65. The fraction of sp³-hybridized carbons (Fsp3) is 0.667. The highest BCUT2D eigenvalue weighted by atomic mass is 16.5. The van der Waals surface area contributed by atoms with Crippen LogP contribution in [-0.2, 0) is 6.54 Å². The number of aliphatic hydroxyl groups is 1. The molecule has 0 radical (unpaired) electrons. The highest BCUT2D eigenvalue weighted by Crippen LogP contribution is 2.24. The van der Waals surface area contributed by atoms with Gasteiger partial charge in [-0.1, -0.05) is 0 Å². The summed E-state index contributed by atoms with van der Waals surface area (Å²) in [4.78, 5) is 10.9. The van der Waals surface area contributed by atoms with Crippen LogP contribution >= 0.6 is 0 Å². The number of nitrogen functional groups attached to an aromatic ring is 1. The lowest BCUT2D eigenvalue weighted by Crippen LogP contribution is -2.39. The zero-order chi connectivity index (χ0) is 18.8. The number of nitrogens with zero attached hydrogens (tertiary/aromatic N) is 4. The minimum absolute atomic E-state index is 0.144. The first-order chi connectivity index (χ1) is 11.5. The number of anilines is 1. The van der Waals surface area contributed by atoms with Gasteiger partial charge in [0.15, 0.2) is 5.82 Å². The standard InChI is InChI=1S/C18H31N5O2/c1-17(2,3)22(6)8-7-9-25-14-10-13-15(16(19)21-14)20-12-23(13)11-18(4,5)24/h10,12,24H,7-9,11H2,1-6H3,(H2,19,21). The molecule has 0 aromatic carbocycles. The zero-order valence-corrected chi connectivity index (χ0v) is 16.2. The number of hydrogen-bond donors (Lipinski definition) is 2. The lowest BCUT2D eigenvalue weighted by Gasteiger charge is -2.31. The van der Waals surface area contributed by atoms with Gasteiger partial charge >= 0.3 is 0 Å². The van der Waals surface area contributed by atoms with Gasteiger partial charge < -0.3 is 25.0 Å². The molecule has 7 nitrogen and oxygen atoms in total. The second-order valence-electron chi connectivity index (χ2n) is 8.19. The van der Waals surface area contributed by atoms with Crippen molar-refractivity contribution < 1.29 is 9.84 Å². The van der Waals surface area contributed by atoms with Gasteiger partial charge in [-0.15, -0.1) is 0 Å². The third-order valence-electron chi connectivity index (χ3n) is 4.20. The summed E-state index contributed by atoms with van der Waals surface area (Å²) < 4.78 is 7.66. The van der Waals surface area contributed by atoms with Crippen LogP contribution in [0.5, 0.6) is 5.88 Å². The molecular formula is C18H31N5O2. The Kier molecular flexibility index (Phi) is 5.58. The minimum atomic E-state index is -0.843. The van der Waals surface area contributed by atoms with Crippen LogP contribution in [0.2, 0.25) is 0 Å². The van der Waals surface area contributed by atoms with Gasteiger partial charge in [0.2, 0.25) is 5.88 Å². The van der Waals surface area contributed by atoms with E-state index >= 15 is 0 Å². The summed E-state index contributed by atoms with van der Waals surface area (Å²) in [6, 6.07) is 1.83. The molecule has 140 valence electrons. The third-order valence-corrected chi connectivity index (χ3v) is 4.20. The quantitative estimate of drug-likeness (QED) is 0.746. The minimum Gasteiger partial charge on any atom is -0.478 e. The Labute approximate surface area is 149 Å². The molecule has 0 fully saturated rings. The number of ether oxygens (including phenoxy) is 1. The van der Waals surface area contributed by atoms with Crippen molar-refractivity contribution in [3.63, 3.8) is 0 Å². The Bertz CT molecular complexity index is 713. The molecule has 0 bridgehead atoms. The fourth-order valence-corrected chi connectivity index (χ4v) is 2.49. The Balaban J connectivity index is 2.05. The van der Waals surface area contributed by atoms with Crippen LogP contribution in [0.4, 0.5) is 5.82 Å². The summed E-state index contributed by atoms with van der Waals surface area (Å²) in [7, 11) is 2.11. The lowest BCUT2D eigenvalue weighted by atomic mass is 10.1. The summed E-state index contributed by atoms with van der Waals surface area (Å²) in [6.07, 6.45) is 2.57.